The Balaban J connectivity index is 2.16. The lowest BCUT2D eigenvalue weighted by Gasteiger charge is -2.06. The average molecular weight is 370 g/mol. The van der Waals surface area contributed by atoms with Crippen LogP contribution in [0.1, 0.15) is 21.5 Å². The largest absolute Gasteiger partial charge is 0.421 e. The number of ether oxygens (including phenoxy) is 1. The van der Waals surface area contributed by atoms with Gasteiger partial charge in [0.05, 0.1) is 20.1 Å². The van der Waals surface area contributed by atoms with Crippen molar-refractivity contribution in [2.45, 2.75) is 0 Å². The predicted octanol–water partition coefficient (Wildman–Crippen LogP) is 5.38. The maximum absolute atomic E-state index is 11.8. The highest BCUT2D eigenvalue weighted by atomic mass is 79.9. The fraction of sp³-hybridized carbons (Fsp3) is 0. The van der Waals surface area contributed by atoms with E-state index in [0.717, 1.165) is 11.1 Å². The number of carbonyl (C=O) groups excluding carboxylic acids is 1. The van der Waals surface area contributed by atoms with E-state index >= 15 is 0 Å². The van der Waals surface area contributed by atoms with E-state index in [1.165, 1.54) is 0 Å². The van der Waals surface area contributed by atoms with Gasteiger partial charge in [-0.15, -0.1) is 0 Å². The molecule has 0 fully saturated rings. The Morgan fingerprint density at radius 3 is 2.40 bits per heavy atom. The molecule has 20 heavy (non-hydrogen) atoms. The van der Waals surface area contributed by atoms with Gasteiger partial charge in [-0.05, 0) is 39.7 Å². The van der Waals surface area contributed by atoms with Crippen LogP contribution in [-0.4, -0.2) is 5.97 Å². The molecule has 1 heterocycles. The Kier molecular flexibility index (Phi) is 3.59. The molecule has 0 saturated heterocycles. The maximum atomic E-state index is 11.8. The molecule has 100 valence electrons. The van der Waals surface area contributed by atoms with E-state index in [2.05, 4.69) is 15.9 Å². The van der Waals surface area contributed by atoms with Gasteiger partial charge in [0.25, 0.3) is 0 Å². The van der Waals surface area contributed by atoms with Crippen molar-refractivity contribution in [2.24, 2.45) is 0 Å². The molecule has 0 aliphatic carbocycles. The van der Waals surface area contributed by atoms with Crippen LogP contribution < -0.4 is 0 Å². The van der Waals surface area contributed by atoms with Crippen molar-refractivity contribution in [2.75, 3.05) is 0 Å². The lowest BCUT2D eigenvalue weighted by atomic mass is 10.1. The van der Waals surface area contributed by atoms with Crippen molar-refractivity contribution in [3.63, 3.8) is 0 Å². The molecule has 0 bridgehead atoms. The summed E-state index contributed by atoms with van der Waals surface area (Å²) in [6, 6.07) is 12.5. The average Bonchev–Trinajstić information content (AvgIpc) is 2.79. The van der Waals surface area contributed by atoms with Crippen LogP contribution in [0, 0.1) is 0 Å². The zero-order valence-corrected chi connectivity index (χ0v) is 13.1. The van der Waals surface area contributed by atoms with E-state index in [4.69, 9.17) is 27.9 Å². The summed E-state index contributed by atoms with van der Waals surface area (Å²) >= 11 is 15.4. The number of halogens is 3. The van der Waals surface area contributed by atoms with Crippen LogP contribution >= 0.6 is 39.1 Å². The van der Waals surface area contributed by atoms with E-state index in [-0.39, 0.29) is 5.97 Å². The van der Waals surface area contributed by atoms with Crippen molar-refractivity contribution < 1.29 is 9.53 Å². The van der Waals surface area contributed by atoms with Crippen LogP contribution in [0.5, 0.6) is 0 Å². The zero-order valence-electron chi connectivity index (χ0n) is 9.99. The molecule has 0 spiro atoms. The molecule has 0 saturated carbocycles. The van der Waals surface area contributed by atoms with Gasteiger partial charge in [-0.3, -0.25) is 0 Å². The number of carbonyl (C=O) groups is 1. The number of rotatable bonds is 1. The Morgan fingerprint density at radius 2 is 1.70 bits per heavy atom. The highest BCUT2D eigenvalue weighted by Crippen LogP contribution is 2.39. The second-order valence-electron chi connectivity index (χ2n) is 4.21. The molecule has 0 unspecified atom stereocenters. The van der Waals surface area contributed by atoms with E-state index in [9.17, 15) is 4.79 Å². The van der Waals surface area contributed by atoms with Crippen molar-refractivity contribution in [1.29, 1.82) is 0 Å². The van der Waals surface area contributed by atoms with Gasteiger partial charge in [-0.25, -0.2) is 4.79 Å². The first kappa shape index (κ1) is 13.7. The van der Waals surface area contributed by atoms with Crippen LogP contribution in [0.2, 0.25) is 10.0 Å². The normalized spacial score (nSPS) is 15.8. The van der Waals surface area contributed by atoms with Crippen molar-refractivity contribution in [3.8, 4) is 0 Å². The van der Waals surface area contributed by atoms with E-state index < -0.39 is 0 Å². The lowest BCUT2D eigenvalue weighted by molar-refractivity contribution is 0.0717. The van der Waals surface area contributed by atoms with Crippen LogP contribution in [0.4, 0.5) is 0 Å². The van der Waals surface area contributed by atoms with Crippen molar-refractivity contribution in [3.05, 3.63) is 69.2 Å². The van der Waals surface area contributed by atoms with Crippen LogP contribution in [-0.2, 0) is 4.74 Å². The molecule has 0 N–H and O–H groups in total. The van der Waals surface area contributed by atoms with E-state index in [1.54, 1.807) is 30.3 Å². The minimum absolute atomic E-state index is 0.354. The SMILES string of the molecule is O=C1O/C(=C(/Br)c2ccc(Cl)c(Cl)c2)c2ccccc21. The first-order valence-electron chi connectivity index (χ1n) is 5.74. The summed E-state index contributed by atoms with van der Waals surface area (Å²) in [4.78, 5) is 11.8. The third-order valence-corrected chi connectivity index (χ3v) is 4.52. The van der Waals surface area contributed by atoms with E-state index in [0.29, 0.717) is 25.9 Å². The fourth-order valence-corrected chi connectivity index (χ4v) is 2.83. The molecule has 0 radical (unpaired) electrons. The second-order valence-corrected chi connectivity index (χ2v) is 5.81. The molecule has 2 aromatic rings. The number of hydrogen-bond donors (Lipinski definition) is 0. The number of hydrogen-bond acceptors (Lipinski definition) is 2. The van der Waals surface area contributed by atoms with Crippen LogP contribution in [0.25, 0.3) is 10.2 Å². The first-order valence-corrected chi connectivity index (χ1v) is 7.29. The van der Waals surface area contributed by atoms with Crippen LogP contribution in [0.3, 0.4) is 0 Å². The summed E-state index contributed by atoms with van der Waals surface area (Å²) in [6.45, 7) is 0. The number of esters is 1. The Labute approximate surface area is 134 Å². The molecule has 2 aromatic carbocycles. The Morgan fingerprint density at radius 1 is 1.00 bits per heavy atom. The van der Waals surface area contributed by atoms with Crippen molar-refractivity contribution in [1.82, 2.24) is 0 Å². The van der Waals surface area contributed by atoms with Gasteiger partial charge in [0.2, 0.25) is 0 Å². The molecular formula is C15H7BrCl2O2. The molecular weight excluding hydrogens is 363 g/mol. The quantitative estimate of drug-likeness (QED) is 0.630. The lowest BCUT2D eigenvalue weighted by Crippen LogP contribution is -1.92. The molecule has 2 nitrogen and oxygen atoms in total. The van der Waals surface area contributed by atoms with Gasteiger partial charge in [0.15, 0.2) is 5.76 Å². The van der Waals surface area contributed by atoms with Gasteiger partial charge in [-0.2, -0.15) is 0 Å². The maximum Gasteiger partial charge on any atom is 0.344 e. The summed E-state index contributed by atoms with van der Waals surface area (Å²) in [6.07, 6.45) is 0. The summed E-state index contributed by atoms with van der Waals surface area (Å²) < 4.78 is 6.00. The molecule has 1 aliphatic heterocycles. The smallest absolute Gasteiger partial charge is 0.344 e. The van der Waals surface area contributed by atoms with Crippen LogP contribution in [0.15, 0.2) is 42.5 Å². The van der Waals surface area contributed by atoms with Gasteiger partial charge in [0, 0.05) is 5.56 Å². The predicted molar refractivity (Wildman–Crippen MR) is 84.1 cm³/mol. The summed E-state index contributed by atoms with van der Waals surface area (Å²) in [7, 11) is 0. The van der Waals surface area contributed by atoms with Gasteiger partial charge >= 0.3 is 5.97 Å². The molecule has 0 amide bonds. The topological polar surface area (TPSA) is 26.3 Å². The van der Waals surface area contributed by atoms with Crippen molar-refractivity contribution >= 4 is 55.3 Å². The Hall–Kier alpha value is -1.29. The standard InChI is InChI=1S/C15H7BrCl2O2/c16-13(8-5-6-11(17)12(18)7-8)14-9-3-1-2-4-10(9)15(19)20-14/h1-7H/b14-13+. The highest BCUT2D eigenvalue weighted by molar-refractivity contribution is 9.15. The zero-order chi connectivity index (χ0) is 14.3. The summed E-state index contributed by atoms with van der Waals surface area (Å²) in [5.74, 6) is 0.136. The van der Waals surface area contributed by atoms with E-state index in [1.807, 2.05) is 12.1 Å². The van der Waals surface area contributed by atoms with Gasteiger partial charge in [0.1, 0.15) is 0 Å². The third kappa shape index (κ3) is 2.26. The Bertz CT molecular complexity index is 753. The summed E-state index contributed by atoms with van der Waals surface area (Å²) in [5.41, 5.74) is 2.11. The number of benzene rings is 2. The monoisotopic (exact) mass is 368 g/mol. The molecule has 5 heteroatoms. The second kappa shape index (κ2) is 5.24. The first-order chi connectivity index (χ1) is 9.58. The third-order valence-electron chi connectivity index (χ3n) is 2.96. The van der Waals surface area contributed by atoms with Gasteiger partial charge in [-0.1, -0.05) is 47.5 Å². The summed E-state index contributed by atoms with van der Waals surface area (Å²) in [5, 5.41) is 0.920. The number of cyclic esters (lactones) is 1. The highest BCUT2D eigenvalue weighted by Gasteiger charge is 2.28. The fourth-order valence-electron chi connectivity index (χ4n) is 1.99. The molecule has 1 aliphatic rings. The minimum Gasteiger partial charge on any atom is -0.421 e. The number of fused-ring (bicyclic) bond motifs is 1. The molecule has 0 aromatic heterocycles. The van der Waals surface area contributed by atoms with Gasteiger partial charge < -0.3 is 4.74 Å². The molecule has 3 rings (SSSR count). The molecule has 0 atom stereocenters. The minimum atomic E-state index is -0.354.